The lowest BCUT2D eigenvalue weighted by atomic mass is 10.0. The Morgan fingerprint density at radius 2 is 1.61 bits per heavy atom. The van der Waals surface area contributed by atoms with Gasteiger partial charge in [0.1, 0.15) is 11.6 Å². The summed E-state index contributed by atoms with van der Waals surface area (Å²) < 4.78 is 15.0. The second kappa shape index (κ2) is 5.77. The van der Waals surface area contributed by atoms with E-state index in [0.717, 1.165) is 28.0 Å². The van der Waals surface area contributed by atoms with Gasteiger partial charge in [0.15, 0.2) is 0 Å². The Hall–Kier alpha value is -2.21. The van der Waals surface area contributed by atoms with Crippen LogP contribution in [0.25, 0.3) is 33.5 Å². The fraction of sp³-hybridized carbons (Fsp3) is 0. The standard InChI is InChI=1S/C19H12FIN2/c20-16-4-2-1-3-15(16)12-5-7-13(8-6-12)19-22-17-10-9-14(21)11-18(17)23-19/h1-11H,(H,22,23). The maximum Gasteiger partial charge on any atom is 0.138 e. The fourth-order valence-electron chi connectivity index (χ4n) is 2.62. The molecule has 4 heteroatoms. The zero-order chi connectivity index (χ0) is 15.8. The molecule has 0 radical (unpaired) electrons. The van der Waals surface area contributed by atoms with Crippen LogP contribution in [0.5, 0.6) is 0 Å². The van der Waals surface area contributed by atoms with E-state index < -0.39 is 0 Å². The minimum Gasteiger partial charge on any atom is -0.338 e. The van der Waals surface area contributed by atoms with Crippen LogP contribution < -0.4 is 0 Å². The Morgan fingerprint density at radius 1 is 0.870 bits per heavy atom. The first-order valence-corrected chi connectivity index (χ1v) is 8.29. The van der Waals surface area contributed by atoms with Crippen LogP contribution in [0.3, 0.4) is 0 Å². The van der Waals surface area contributed by atoms with Crippen molar-refractivity contribution < 1.29 is 4.39 Å². The monoisotopic (exact) mass is 414 g/mol. The van der Waals surface area contributed by atoms with Crippen LogP contribution in [0, 0.1) is 9.39 Å². The number of aromatic nitrogens is 2. The molecule has 0 bridgehead atoms. The highest BCUT2D eigenvalue weighted by Gasteiger charge is 2.08. The van der Waals surface area contributed by atoms with Gasteiger partial charge in [0, 0.05) is 14.7 Å². The van der Waals surface area contributed by atoms with E-state index in [1.54, 1.807) is 12.1 Å². The summed E-state index contributed by atoms with van der Waals surface area (Å²) in [6, 6.07) is 20.7. The average molecular weight is 414 g/mol. The van der Waals surface area contributed by atoms with Crippen LogP contribution in [-0.4, -0.2) is 9.97 Å². The molecule has 0 aliphatic rings. The average Bonchev–Trinajstić information content (AvgIpc) is 2.98. The molecular formula is C19H12FIN2. The van der Waals surface area contributed by atoms with E-state index in [0.29, 0.717) is 5.56 Å². The highest BCUT2D eigenvalue weighted by molar-refractivity contribution is 14.1. The lowest BCUT2D eigenvalue weighted by Crippen LogP contribution is -1.85. The van der Waals surface area contributed by atoms with Gasteiger partial charge in [-0.3, -0.25) is 0 Å². The molecular weight excluding hydrogens is 402 g/mol. The Kier molecular flexibility index (Phi) is 3.61. The number of nitrogens with one attached hydrogen (secondary N) is 1. The predicted molar refractivity (Wildman–Crippen MR) is 99.6 cm³/mol. The summed E-state index contributed by atoms with van der Waals surface area (Å²) in [4.78, 5) is 7.94. The maximum atomic E-state index is 13.9. The molecule has 1 aromatic heterocycles. The van der Waals surface area contributed by atoms with Gasteiger partial charge >= 0.3 is 0 Å². The van der Waals surface area contributed by atoms with Crippen LogP contribution in [-0.2, 0) is 0 Å². The van der Waals surface area contributed by atoms with Gasteiger partial charge < -0.3 is 4.98 Å². The Labute approximate surface area is 146 Å². The molecule has 112 valence electrons. The molecule has 0 spiro atoms. The molecule has 1 N–H and O–H groups in total. The molecule has 0 saturated heterocycles. The number of rotatable bonds is 2. The summed E-state index contributed by atoms with van der Waals surface area (Å²) in [5.74, 6) is 0.612. The van der Waals surface area contributed by atoms with Crippen molar-refractivity contribution in [2.45, 2.75) is 0 Å². The van der Waals surface area contributed by atoms with Crippen molar-refractivity contribution in [1.82, 2.24) is 9.97 Å². The van der Waals surface area contributed by atoms with Gasteiger partial charge in [-0.1, -0.05) is 42.5 Å². The molecule has 2 nitrogen and oxygen atoms in total. The quantitative estimate of drug-likeness (QED) is 0.423. The SMILES string of the molecule is Fc1ccccc1-c1ccc(-c2nc3ccc(I)cc3[nH]2)cc1. The summed E-state index contributed by atoms with van der Waals surface area (Å²) >= 11 is 2.28. The van der Waals surface area contributed by atoms with Crippen LogP contribution in [0.4, 0.5) is 4.39 Å². The smallest absolute Gasteiger partial charge is 0.138 e. The number of hydrogen-bond donors (Lipinski definition) is 1. The van der Waals surface area contributed by atoms with Crippen molar-refractivity contribution >= 4 is 33.6 Å². The topological polar surface area (TPSA) is 28.7 Å². The maximum absolute atomic E-state index is 13.9. The summed E-state index contributed by atoms with van der Waals surface area (Å²) in [6.45, 7) is 0. The number of imidazole rings is 1. The summed E-state index contributed by atoms with van der Waals surface area (Å²) in [6.07, 6.45) is 0. The normalized spacial score (nSPS) is 11.0. The number of benzene rings is 3. The van der Waals surface area contributed by atoms with E-state index in [2.05, 4.69) is 38.6 Å². The van der Waals surface area contributed by atoms with Crippen LogP contribution >= 0.6 is 22.6 Å². The van der Waals surface area contributed by atoms with E-state index >= 15 is 0 Å². The second-order valence-corrected chi connectivity index (χ2v) is 6.55. The zero-order valence-electron chi connectivity index (χ0n) is 12.1. The Balaban J connectivity index is 1.73. The van der Waals surface area contributed by atoms with Crippen molar-refractivity contribution in [3.63, 3.8) is 0 Å². The molecule has 0 fully saturated rings. The molecule has 3 aromatic carbocycles. The van der Waals surface area contributed by atoms with Gasteiger partial charge in [0.05, 0.1) is 11.0 Å². The van der Waals surface area contributed by atoms with E-state index in [1.165, 1.54) is 9.64 Å². The molecule has 23 heavy (non-hydrogen) atoms. The number of nitrogens with zero attached hydrogens (tertiary/aromatic N) is 1. The summed E-state index contributed by atoms with van der Waals surface area (Å²) in [5.41, 5.74) is 4.41. The van der Waals surface area contributed by atoms with Crippen molar-refractivity contribution in [2.75, 3.05) is 0 Å². The third kappa shape index (κ3) is 2.74. The zero-order valence-corrected chi connectivity index (χ0v) is 14.2. The lowest BCUT2D eigenvalue weighted by Gasteiger charge is -2.04. The minimum atomic E-state index is -0.210. The first kappa shape index (κ1) is 14.4. The molecule has 4 rings (SSSR count). The van der Waals surface area contributed by atoms with Crippen molar-refractivity contribution in [1.29, 1.82) is 0 Å². The number of H-pyrrole nitrogens is 1. The number of hydrogen-bond acceptors (Lipinski definition) is 1. The highest BCUT2D eigenvalue weighted by atomic mass is 127. The van der Waals surface area contributed by atoms with Crippen molar-refractivity contribution in [3.05, 3.63) is 76.1 Å². The first-order chi connectivity index (χ1) is 11.2. The highest BCUT2D eigenvalue weighted by Crippen LogP contribution is 2.26. The van der Waals surface area contributed by atoms with E-state index in [-0.39, 0.29) is 5.82 Å². The van der Waals surface area contributed by atoms with Crippen molar-refractivity contribution in [2.24, 2.45) is 0 Å². The second-order valence-electron chi connectivity index (χ2n) is 5.30. The lowest BCUT2D eigenvalue weighted by molar-refractivity contribution is 0.631. The van der Waals surface area contributed by atoms with Gasteiger partial charge in [-0.15, -0.1) is 0 Å². The number of aromatic amines is 1. The Bertz CT molecular complexity index is 990. The van der Waals surface area contributed by atoms with Gasteiger partial charge in [-0.25, -0.2) is 9.37 Å². The third-order valence-corrected chi connectivity index (χ3v) is 4.46. The fourth-order valence-corrected chi connectivity index (χ4v) is 3.11. The van der Waals surface area contributed by atoms with Gasteiger partial charge in [0.2, 0.25) is 0 Å². The van der Waals surface area contributed by atoms with E-state index in [9.17, 15) is 4.39 Å². The molecule has 4 aromatic rings. The number of halogens is 2. The minimum absolute atomic E-state index is 0.210. The molecule has 0 unspecified atom stereocenters. The van der Waals surface area contributed by atoms with Crippen molar-refractivity contribution in [3.8, 4) is 22.5 Å². The van der Waals surface area contributed by atoms with E-state index in [1.807, 2.05) is 42.5 Å². The largest absolute Gasteiger partial charge is 0.338 e. The molecule has 1 heterocycles. The van der Waals surface area contributed by atoms with Crippen LogP contribution in [0.1, 0.15) is 0 Å². The summed E-state index contributed by atoms with van der Waals surface area (Å²) in [5, 5.41) is 0. The molecule has 0 aliphatic heterocycles. The van der Waals surface area contributed by atoms with Crippen LogP contribution in [0.2, 0.25) is 0 Å². The first-order valence-electron chi connectivity index (χ1n) is 7.21. The van der Waals surface area contributed by atoms with Gasteiger partial charge in [-0.05, 0) is 52.4 Å². The molecule has 0 atom stereocenters. The van der Waals surface area contributed by atoms with Crippen LogP contribution in [0.15, 0.2) is 66.7 Å². The van der Waals surface area contributed by atoms with Gasteiger partial charge in [-0.2, -0.15) is 0 Å². The molecule has 0 aliphatic carbocycles. The van der Waals surface area contributed by atoms with Gasteiger partial charge in [0.25, 0.3) is 0 Å². The molecule has 0 saturated carbocycles. The predicted octanol–water partition coefficient (Wildman–Crippen LogP) is 5.64. The molecule has 0 amide bonds. The summed E-state index contributed by atoms with van der Waals surface area (Å²) in [7, 11) is 0. The van der Waals surface area contributed by atoms with E-state index in [4.69, 9.17) is 0 Å². The Morgan fingerprint density at radius 3 is 2.39 bits per heavy atom. The number of fused-ring (bicyclic) bond motifs is 1. The third-order valence-electron chi connectivity index (χ3n) is 3.79.